The highest BCUT2D eigenvalue weighted by Crippen LogP contribution is 2.38. The summed E-state index contributed by atoms with van der Waals surface area (Å²) in [6, 6.07) is 12.4. The Bertz CT molecular complexity index is 708. The van der Waals surface area contributed by atoms with E-state index in [4.69, 9.17) is 0 Å². The van der Waals surface area contributed by atoms with Crippen molar-refractivity contribution in [2.45, 2.75) is 37.3 Å². The van der Waals surface area contributed by atoms with Crippen molar-refractivity contribution in [2.75, 3.05) is 5.32 Å². The van der Waals surface area contributed by atoms with Crippen LogP contribution in [0.1, 0.15) is 22.3 Å². The van der Waals surface area contributed by atoms with Crippen LogP contribution in [-0.2, 0) is 11.2 Å². The fraction of sp³-hybridized carbons (Fsp3) is 0.278. The van der Waals surface area contributed by atoms with Gasteiger partial charge in [0.1, 0.15) is 0 Å². The highest BCUT2D eigenvalue weighted by atomic mass is 32.2. The van der Waals surface area contributed by atoms with E-state index in [1.54, 1.807) is 11.8 Å². The van der Waals surface area contributed by atoms with E-state index >= 15 is 0 Å². The number of carbonyl (C=O) groups is 1. The van der Waals surface area contributed by atoms with Gasteiger partial charge in [0.2, 0.25) is 5.91 Å². The number of hydrogen-bond acceptors (Lipinski definition) is 2. The number of rotatable bonds is 2. The zero-order valence-corrected chi connectivity index (χ0v) is 13.4. The smallest absolute Gasteiger partial charge is 0.238 e. The molecule has 0 spiro atoms. The van der Waals surface area contributed by atoms with E-state index in [-0.39, 0.29) is 11.2 Å². The van der Waals surface area contributed by atoms with Crippen molar-refractivity contribution in [1.29, 1.82) is 0 Å². The molecule has 108 valence electrons. The fourth-order valence-electron chi connectivity index (χ4n) is 2.58. The molecular formula is C18H19NOS. The van der Waals surface area contributed by atoms with Gasteiger partial charge in [0, 0.05) is 10.6 Å². The molecule has 0 aromatic heterocycles. The van der Waals surface area contributed by atoms with E-state index in [9.17, 15) is 4.79 Å². The third-order valence-corrected chi connectivity index (χ3v) is 5.35. The van der Waals surface area contributed by atoms with Crippen molar-refractivity contribution in [1.82, 2.24) is 0 Å². The van der Waals surface area contributed by atoms with E-state index < -0.39 is 0 Å². The minimum atomic E-state index is -0.0262. The molecule has 1 atom stereocenters. The number of fused-ring (bicyclic) bond motifs is 1. The van der Waals surface area contributed by atoms with Gasteiger partial charge in [-0.1, -0.05) is 29.8 Å². The lowest BCUT2D eigenvalue weighted by Crippen LogP contribution is -2.25. The monoisotopic (exact) mass is 297 g/mol. The second kappa shape index (κ2) is 5.57. The van der Waals surface area contributed by atoms with Crippen LogP contribution in [0.15, 0.2) is 41.3 Å². The third kappa shape index (κ3) is 2.84. The van der Waals surface area contributed by atoms with Crippen molar-refractivity contribution in [3.63, 3.8) is 0 Å². The summed E-state index contributed by atoms with van der Waals surface area (Å²) in [4.78, 5) is 13.7. The number of anilines is 1. The number of aryl methyl sites for hydroxylation is 2. The predicted molar refractivity (Wildman–Crippen MR) is 89.1 cm³/mol. The molecule has 1 aliphatic heterocycles. The van der Waals surface area contributed by atoms with Crippen LogP contribution >= 0.6 is 11.8 Å². The first-order chi connectivity index (χ1) is 10.0. The summed E-state index contributed by atoms with van der Waals surface area (Å²) in [5.41, 5.74) is 5.80. The first-order valence-electron chi connectivity index (χ1n) is 7.18. The number of nitrogens with one attached hydrogen (secondary N) is 1. The molecule has 1 aliphatic rings. The Hall–Kier alpha value is -1.74. The van der Waals surface area contributed by atoms with Gasteiger partial charge in [-0.05, 0) is 56.0 Å². The summed E-state index contributed by atoms with van der Waals surface area (Å²) in [5, 5.41) is 3.06. The standard InChI is InChI=1S/C18H19NOS/c1-11-7-8-14-10-17(21-16(14)9-11)18(20)19-15-6-4-5-12(2)13(15)3/h4-9,17H,10H2,1-3H3,(H,19,20)/t17-/m0/s1. The van der Waals surface area contributed by atoms with Gasteiger partial charge in [-0.2, -0.15) is 0 Å². The van der Waals surface area contributed by atoms with Crippen molar-refractivity contribution >= 4 is 23.4 Å². The first kappa shape index (κ1) is 14.2. The highest BCUT2D eigenvalue weighted by molar-refractivity contribution is 8.01. The topological polar surface area (TPSA) is 29.1 Å². The molecule has 1 heterocycles. The summed E-state index contributed by atoms with van der Waals surface area (Å²) >= 11 is 1.68. The molecule has 2 aromatic rings. The molecule has 3 heteroatoms. The number of hydrogen-bond donors (Lipinski definition) is 1. The van der Waals surface area contributed by atoms with Gasteiger partial charge in [0.05, 0.1) is 5.25 Å². The maximum Gasteiger partial charge on any atom is 0.238 e. The normalized spacial score (nSPS) is 16.6. The van der Waals surface area contributed by atoms with Crippen molar-refractivity contribution < 1.29 is 4.79 Å². The second-order valence-corrected chi connectivity index (χ2v) is 6.90. The molecule has 0 bridgehead atoms. The molecule has 0 fully saturated rings. The van der Waals surface area contributed by atoms with E-state index in [0.29, 0.717) is 0 Å². The van der Waals surface area contributed by atoms with Gasteiger partial charge in [-0.25, -0.2) is 0 Å². The fourth-order valence-corrected chi connectivity index (χ4v) is 3.87. The Morgan fingerprint density at radius 1 is 1.19 bits per heavy atom. The van der Waals surface area contributed by atoms with Gasteiger partial charge < -0.3 is 5.32 Å². The van der Waals surface area contributed by atoms with Crippen LogP contribution in [0.25, 0.3) is 0 Å². The molecule has 1 N–H and O–H groups in total. The summed E-state index contributed by atoms with van der Waals surface area (Å²) in [5.74, 6) is 0.0996. The number of carbonyl (C=O) groups excluding carboxylic acids is 1. The first-order valence-corrected chi connectivity index (χ1v) is 8.06. The molecule has 3 rings (SSSR count). The van der Waals surface area contributed by atoms with Crippen LogP contribution in [-0.4, -0.2) is 11.2 Å². The van der Waals surface area contributed by atoms with E-state index in [1.807, 2.05) is 19.1 Å². The second-order valence-electron chi connectivity index (χ2n) is 5.66. The van der Waals surface area contributed by atoms with Crippen LogP contribution in [0.2, 0.25) is 0 Å². The van der Waals surface area contributed by atoms with Crippen molar-refractivity contribution in [3.8, 4) is 0 Å². The Balaban J connectivity index is 1.75. The van der Waals surface area contributed by atoms with Gasteiger partial charge in [-0.15, -0.1) is 11.8 Å². The van der Waals surface area contributed by atoms with Crippen LogP contribution in [0.4, 0.5) is 5.69 Å². The third-order valence-electron chi connectivity index (χ3n) is 4.05. The van der Waals surface area contributed by atoms with Crippen LogP contribution in [0.5, 0.6) is 0 Å². The zero-order valence-electron chi connectivity index (χ0n) is 12.6. The largest absolute Gasteiger partial charge is 0.325 e. The lowest BCUT2D eigenvalue weighted by atomic mass is 10.1. The van der Waals surface area contributed by atoms with Crippen molar-refractivity contribution in [3.05, 3.63) is 58.7 Å². The molecule has 0 aliphatic carbocycles. The lowest BCUT2D eigenvalue weighted by Gasteiger charge is -2.13. The quantitative estimate of drug-likeness (QED) is 0.897. The minimum absolute atomic E-state index is 0.0262. The molecule has 0 radical (unpaired) electrons. The lowest BCUT2D eigenvalue weighted by molar-refractivity contribution is -0.115. The average molecular weight is 297 g/mol. The van der Waals surface area contributed by atoms with E-state index in [0.717, 1.165) is 17.7 Å². The molecule has 1 amide bonds. The molecular weight excluding hydrogens is 278 g/mol. The van der Waals surface area contributed by atoms with Crippen LogP contribution in [0, 0.1) is 20.8 Å². The molecule has 2 nitrogen and oxygen atoms in total. The SMILES string of the molecule is Cc1ccc2c(c1)S[C@H](C(=O)Nc1cccc(C)c1C)C2. The maximum atomic E-state index is 12.5. The molecule has 0 saturated heterocycles. The number of thioether (sulfide) groups is 1. The highest BCUT2D eigenvalue weighted by Gasteiger charge is 2.28. The summed E-state index contributed by atoms with van der Waals surface area (Å²) in [7, 11) is 0. The van der Waals surface area contributed by atoms with Gasteiger partial charge >= 0.3 is 0 Å². The summed E-state index contributed by atoms with van der Waals surface area (Å²) < 4.78 is 0. The van der Waals surface area contributed by atoms with Gasteiger partial charge in [0.25, 0.3) is 0 Å². The van der Waals surface area contributed by atoms with Gasteiger partial charge in [-0.3, -0.25) is 4.79 Å². The summed E-state index contributed by atoms with van der Waals surface area (Å²) in [6.45, 7) is 6.20. The number of benzene rings is 2. The molecule has 2 aromatic carbocycles. The molecule has 21 heavy (non-hydrogen) atoms. The summed E-state index contributed by atoms with van der Waals surface area (Å²) in [6.07, 6.45) is 0.816. The predicted octanol–water partition coefficient (Wildman–Crippen LogP) is 4.27. The Morgan fingerprint density at radius 2 is 2.00 bits per heavy atom. The van der Waals surface area contributed by atoms with E-state index in [1.165, 1.54) is 21.6 Å². The van der Waals surface area contributed by atoms with E-state index in [2.05, 4.69) is 43.4 Å². The van der Waals surface area contributed by atoms with Crippen LogP contribution < -0.4 is 5.32 Å². The molecule has 0 saturated carbocycles. The zero-order chi connectivity index (χ0) is 15.0. The number of amides is 1. The Kier molecular flexibility index (Phi) is 3.77. The van der Waals surface area contributed by atoms with Gasteiger partial charge in [0.15, 0.2) is 0 Å². The van der Waals surface area contributed by atoms with Crippen molar-refractivity contribution in [2.24, 2.45) is 0 Å². The Morgan fingerprint density at radius 3 is 2.81 bits per heavy atom. The minimum Gasteiger partial charge on any atom is -0.325 e. The van der Waals surface area contributed by atoms with Crippen LogP contribution in [0.3, 0.4) is 0 Å². The average Bonchev–Trinajstić information content (AvgIpc) is 2.87. The maximum absolute atomic E-state index is 12.5. The molecule has 0 unspecified atom stereocenters. The Labute approximate surface area is 130 Å².